The van der Waals surface area contributed by atoms with Gasteiger partial charge in [0.1, 0.15) is 5.82 Å². The summed E-state index contributed by atoms with van der Waals surface area (Å²) in [5.41, 5.74) is 6.35. The highest BCUT2D eigenvalue weighted by Crippen LogP contribution is 2.23. The van der Waals surface area contributed by atoms with Crippen molar-refractivity contribution in [3.63, 3.8) is 0 Å². The second-order valence-corrected chi connectivity index (χ2v) is 4.19. The van der Waals surface area contributed by atoms with Gasteiger partial charge in [-0.1, -0.05) is 6.92 Å². The fraction of sp³-hybridized carbons (Fsp3) is 0.583. The van der Waals surface area contributed by atoms with Crippen molar-refractivity contribution < 1.29 is 4.74 Å². The lowest BCUT2D eigenvalue weighted by Gasteiger charge is -2.34. The molecule has 1 fully saturated rings. The number of rotatable bonds is 3. The summed E-state index contributed by atoms with van der Waals surface area (Å²) < 4.78 is 5.15. The molecule has 0 aliphatic carbocycles. The van der Waals surface area contributed by atoms with Crippen molar-refractivity contribution in [1.29, 1.82) is 0 Å². The number of aromatic nitrogens is 1. The highest BCUT2D eigenvalue weighted by atomic mass is 16.5. The number of ether oxygens (including phenoxy) is 1. The lowest BCUT2D eigenvalue weighted by atomic mass is 10.3. The maximum Gasteiger partial charge on any atom is 0.238 e. The first-order chi connectivity index (χ1) is 8.24. The van der Waals surface area contributed by atoms with Crippen LogP contribution in [0.15, 0.2) is 12.1 Å². The molecule has 17 heavy (non-hydrogen) atoms. The Morgan fingerprint density at radius 1 is 1.29 bits per heavy atom. The van der Waals surface area contributed by atoms with Crippen LogP contribution in [0.4, 0.5) is 11.5 Å². The zero-order valence-corrected chi connectivity index (χ0v) is 10.5. The lowest BCUT2D eigenvalue weighted by Crippen LogP contribution is -2.46. The topological polar surface area (TPSA) is 54.6 Å². The maximum atomic E-state index is 5.76. The monoisotopic (exact) mass is 236 g/mol. The fourth-order valence-corrected chi connectivity index (χ4v) is 2.07. The molecule has 1 aliphatic rings. The molecular formula is C12H20N4O. The van der Waals surface area contributed by atoms with Crippen LogP contribution in [0, 0.1) is 0 Å². The zero-order valence-electron chi connectivity index (χ0n) is 10.5. The Balaban J connectivity index is 2.08. The van der Waals surface area contributed by atoms with Gasteiger partial charge >= 0.3 is 0 Å². The zero-order chi connectivity index (χ0) is 12.3. The van der Waals surface area contributed by atoms with Gasteiger partial charge in [0.05, 0.1) is 12.8 Å². The molecule has 0 spiro atoms. The standard InChI is InChI=1S/C12H20N4O/c1-3-15-6-8-16(9-7-15)11-5-4-10(13)12(14-11)17-2/h4-5H,3,6-9,13H2,1-2H3. The molecule has 1 aliphatic heterocycles. The van der Waals surface area contributed by atoms with Crippen molar-refractivity contribution in [3.05, 3.63) is 12.1 Å². The van der Waals surface area contributed by atoms with Crippen LogP contribution in [0.25, 0.3) is 0 Å². The van der Waals surface area contributed by atoms with Crippen molar-refractivity contribution in [1.82, 2.24) is 9.88 Å². The number of likely N-dealkylation sites (N-methyl/N-ethyl adjacent to an activating group) is 1. The summed E-state index contributed by atoms with van der Waals surface area (Å²) in [6.07, 6.45) is 0. The minimum absolute atomic E-state index is 0.514. The average molecular weight is 236 g/mol. The van der Waals surface area contributed by atoms with E-state index in [2.05, 4.69) is 21.7 Å². The third-order valence-electron chi connectivity index (χ3n) is 3.21. The van der Waals surface area contributed by atoms with Gasteiger partial charge in [-0.2, -0.15) is 4.98 Å². The molecule has 5 heteroatoms. The van der Waals surface area contributed by atoms with Crippen molar-refractivity contribution in [2.45, 2.75) is 6.92 Å². The van der Waals surface area contributed by atoms with E-state index < -0.39 is 0 Å². The third kappa shape index (κ3) is 2.61. The number of nitrogens with two attached hydrogens (primary N) is 1. The molecule has 0 amide bonds. The van der Waals surface area contributed by atoms with E-state index in [0.29, 0.717) is 11.6 Å². The van der Waals surface area contributed by atoms with Crippen LogP contribution in [0.1, 0.15) is 6.92 Å². The van der Waals surface area contributed by atoms with Crippen molar-refractivity contribution in [2.24, 2.45) is 0 Å². The number of nitrogen functional groups attached to an aromatic ring is 1. The minimum Gasteiger partial charge on any atom is -0.479 e. The summed E-state index contributed by atoms with van der Waals surface area (Å²) in [6.45, 7) is 7.50. The van der Waals surface area contributed by atoms with Gasteiger partial charge in [0.25, 0.3) is 0 Å². The number of anilines is 2. The molecular weight excluding hydrogens is 216 g/mol. The van der Waals surface area contributed by atoms with Gasteiger partial charge in [-0.25, -0.2) is 0 Å². The normalized spacial score (nSPS) is 17.2. The predicted molar refractivity (Wildman–Crippen MR) is 69.5 cm³/mol. The Kier molecular flexibility index (Phi) is 3.68. The number of pyridine rings is 1. The van der Waals surface area contributed by atoms with Crippen LogP contribution in [-0.4, -0.2) is 49.7 Å². The summed E-state index contributed by atoms with van der Waals surface area (Å²) in [4.78, 5) is 9.13. The summed E-state index contributed by atoms with van der Waals surface area (Å²) in [7, 11) is 1.59. The summed E-state index contributed by atoms with van der Waals surface area (Å²) in [5, 5.41) is 0. The molecule has 94 valence electrons. The number of nitrogens with zero attached hydrogens (tertiary/aromatic N) is 3. The molecule has 1 aromatic rings. The smallest absolute Gasteiger partial charge is 0.238 e. The van der Waals surface area contributed by atoms with Crippen LogP contribution in [0.5, 0.6) is 5.88 Å². The van der Waals surface area contributed by atoms with Crippen LogP contribution < -0.4 is 15.4 Å². The van der Waals surface area contributed by atoms with Gasteiger partial charge in [-0.3, -0.25) is 0 Å². The van der Waals surface area contributed by atoms with Crippen molar-refractivity contribution >= 4 is 11.5 Å². The first-order valence-electron chi connectivity index (χ1n) is 6.02. The molecule has 1 saturated heterocycles. The fourth-order valence-electron chi connectivity index (χ4n) is 2.07. The lowest BCUT2D eigenvalue weighted by molar-refractivity contribution is 0.270. The molecule has 0 radical (unpaired) electrons. The van der Waals surface area contributed by atoms with Crippen molar-refractivity contribution in [3.8, 4) is 5.88 Å². The molecule has 2 heterocycles. The molecule has 5 nitrogen and oxygen atoms in total. The van der Waals surface area contributed by atoms with E-state index in [1.54, 1.807) is 7.11 Å². The van der Waals surface area contributed by atoms with Crippen molar-refractivity contribution in [2.75, 3.05) is 50.5 Å². The van der Waals surface area contributed by atoms with Gasteiger partial charge in [-0.15, -0.1) is 0 Å². The summed E-state index contributed by atoms with van der Waals surface area (Å²) >= 11 is 0. The second-order valence-electron chi connectivity index (χ2n) is 4.19. The van der Waals surface area contributed by atoms with Crippen LogP contribution in [0.2, 0.25) is 0 Å². The molecule has 0 unspecified atom stereocenters. The molecule has 2 rings (SSSR count). The molecule has 0 bridgehead atoms. The first kappa shape index (κ1) is 12.0. The third-order valence-corrected chi connectivity index (χ3v) is 3.21. The van der Waals surface area contributed by atoms with Gasteiger partial charge in [0.15, 0.2) is 0 Å². The SMILES string of the molecule is CCN1CCN(c2ccc(N)c(OC)n2)CC1. The molecule has 0 saturated carbocycles. The highest BCUT2D eigenvalue weighted by Gasteiger charge is 2.17. The van der Waals surface area contributed by atoms with E-state index >= 15 is 0 Å². The second kappa shape index (κ2) is 5.23. The van der Waals surface area contributed by atoms with E-state index in [1.165, 1.54) is 0 Å². The largest absolute Gasteiger partial charge is 0.479 e. The van der Waals surface area contributed by atoms with E-state index in [-0.39, 0.29) is 0 Å². The van der Waals surface area contributed by atoms with Crippen LogP contribution in [0.3, 0.4) is 0 Å². The van der Waals surface area contributed by atoms with E-state index in [1.807, 2.05) is 12.1 Å². The van der Waals surface area contributed by atoms with E-state index in [0.717, 1.165) is 38.5 Å². The van der Waals surface area contributed by atoms with Gasteiger partial charge in [0.2, 0.25) is 5.88 Å². The van der Waals surface area contributed by atoms with E-state index in [4.69, 9.17) is 10.5 Å². The number of hydrogen-bond acceptors (Lipinski definition) is 5. The van der Waals surface area contributed by atoms with Gasteiger partial charge in [0, 0.05) is 26.2 Å². The van der Waals surface area contributed by atoms with Crippen LogP contribution in [-0.2, 0) is 0 Å². The molecule has 0 aromatic carbocycles. The summed E-state index contributed by atoms with van der Waals surface area (Å²) in [6, 6.07) is 3.81. The van der Waals surface area contributed by atoms with Crippen LogP contribution >= 0.6 is 0 Å². The minimum atomic E-state index is 0.514. The molecule has 2 N–H and O–H groups in total. The Bertz CT molecular complexity index is 375. The number of hydrogen-bond donors (Lipinski definition) is 1. The Morgan fingerprint density at radius 2 is 2.00 bits per heavy atom. The molecule has 0 atom stereocenters. The highest BCUT2D eigenvalue weighted by molar-refractivity contribution is 5.54. The predicted octanol–water partition coefficient (Wildman–Crippen LogP) is 0.814. The Labute approximate surface area is 102 Å². The van der Waals surface area contributed by atoms with Gasteiger partial charge < -0.3 is 20.3 Å². The number of methoxy groups -OCH3 is 1. The summed E-state index contributed by atoms with van der Waals surface area (Å²) in [5.74, 6) is 1.47. The Hall–Kier alpha value is -1.49. The first-order valence-corrected chi connectivity index (χ1v) is 6.02. The average Bonchev–Trinajstić information content (AvgIpc) is 2.39. The maximum absolute atomic E-state index is 5.76. The molecule has 1 aromatic heterocycles. The quantitative estimate of drug-likeness (QED) is 0.842. The van der Waals surface area contributed by atoms with E-state index in [9.17, 15) is 0 Å². The van der Waals surface area contributed by atoms with Gasteiger partial charge in [-0.05, 0) is 18.7 Å². The number of piperazine rings is 1. The Morgan fingerprint density at radius 3 is 2.59 bits per heavy atom.